The molecule has 1 amide bonds. The van der Waals surface area contributed by atoms with Crippen LogP contribution in [0.1, 0.15) is 18.3 Å². The fourth-order valence-electron chi connectivity index (χ4n) is 2.77. The number of rotatable bonds is 9. The van der Waals surface area contributed by atoms with Gasteiger partial charge in [-0.15, -0.1) is 0 Å². The lowest BCUT2D eigenvalue weighted by atomic mass is 10.2. The molecule has 8 nitrogen and oxygen atoms in total. The zero-order valence-corrected chi connectivity index (χ0v) is 18.2. The quantitative estimate of drug-likeness (QED) is 0.488. The zero-order valence-electron chi connectivity index (χ0n) is 17.4. The minimum absolute atomic E-state index is 0.208. The summed E-state index contributed by atoms with van der Waals surface area (Å²) in [6.07, 6.45) is 3.05. The molecule has 0 atom stereocenters. The molecular weight excluding hydrogens is 420 g/mol. The average molecular weight is 443 g/mol. The molecule has 3 aromatic rings. The fraction of sp³-hybridized carbons (Fsp3) is 0.227. The van der Waals surface area contributed by atoms with E-state index >= 15 is 0 Å². The Morgan fingerprint density at radius 3 is 2.65 bits per heavy atom. The molecule has 0 bridgehead atoms. The highest BCUT2D eigenvalue weighted by Crippen LogP contribution is 2.36. The molecule has 31 heavy (non-hydrogen) atoms. The first-order chi connectivity index (χ1) is 15.0. The van der Waals surface area contributed by atoms with Gasteiger partial charge in [0.2, 0.25) is 5.91 Å². The maximum atomic E-state index is 12.2. The van der Waals surface area contributed by atoms with Crippen LogP contribution in [0.5, 0.6) is 17.2 Å². The van der Waals surface area contributed by atoms with Crippen LogP contribution >= 0.6 is 11.6 Å². The minimum atomic E-state index is -0.286. The number of carbonyl (C=O) groups excluding carboxylic acids is 1. The number of hydrogen-bond donors (Lipinski definition) is 2. The van der Waals surface area contributed by atoms with E-state index in [1.54, 1.807) is 25.3 Å². The molecule has 2 N–H and O–H groups in total. The predicted molar refractivity (Wildman–Crippen MR) is 118 cm³/mol. The molecule has 1 aromatic heterocycles. The highest BCUT2D eigenvalue weighted by molar-refractivity contribution is 6.32. The third kappa shape index (κ3) is 5.76. The van der Waals surface area contributed by atoms with Crippen molar-refractivity contribution in [2.24, 2.45) is 0 Å². The van der Waals surface area contributed by atoms with E-state index in [2.05, 4.69) is 20.5 Å². The molecular formula is C22H23ClN4O4. The molecule has 0 unspecified atom stereocenters. The van der Waals surface area contributed by atoms with E-state index in [0.717, 1.165) is 11.3 Å². The van der Waals surface area contributed by atoms with Gasteiger partial charge in [-0.1, -0.05) is 11.6 Å². The van der Waals surface area contributed by atoms with Crippen LogP contribution in [0.3, 0.4) is 0 Å². The van der Waals surface area contributed by atoms with Gasteiger partial charge in [-0.3, -0.25) is 9.89 Å². The van der Waals surface area contributed by atoms with Crippen LogP contribution < -0.4 is 19.5 Å². The van der Waals surface area contributed by atoms with Gasteiger partial charge in [-0.25, -0.2) is 4.98 Å². The third-order valence-electron chi connectivity index (χ3n) is 4.28. The Kier molecular flexibility index (Phi) is 7.50. The van der Waals surface area contributed by atoms with Crippen molar-refractivity contribution in [3.05, 3.63) is 58.9 Å². The van der Waals surface area contributed by atoms with E-state index in [0.29, 0.717) is 40.3 Å². The maximum Gasteiger partial charge on any atom is 0.244 e. The summed E-state index contributed by atoms with van der Waals surface area (Å²) in [5.74, 6) is 2.53. The molecule has 0 saturated carbocycles. The van der Waals surface area contributed by atoms with E-state index in [1.807, 2.05) is 31.2 Å². The summed E-state index contributed by atoms with van der Waals surface area (Å²) in [6, 6.07) is 10.8. The number of amides is 1. The van der Waals surface area contributed by atoms with Gasteiger partial charge in [-0.2, -0.15) is 5.10 Å². The Balaban J connectivity index is 1.59. The van der Waals surface area contributed by atoms with Gasteiger partial charge in [0.25, 0.3) is 0 Å². The molecule has 0 aliphatic rings. The molecule has 1 heterocycles. The Hall–Kier alpha value is -3.52. The number of halogens is 1. The van der Waals surface area contributed by atoms with Gasteiger partial charge >= 0.3 is 0 Å². The molecule has 3 rings (SSSR count). The van der Waals surface area contributed by atoms with Crippen LogP contribution in [0.15, 0.2) is 42.5 Å². The number of aromatic nitrogens is 3. The molecule has 9 heteroatoms. The first kappa shape index (κ1) is 22.2. The number of benzene rings is 2. The SMILES string of the molecule is CCOc1c(Cl)cc(/C=C/C(=O)NCc2nc(-c3ccc(OC)cc3)n[nH]2)cc1OC. The van der Waals surface area contributed by atoms with Gasteiger partial charge in [0, 0.05) is 11.6 Å². The van der Waals surface area contributed by atoms with Gasteiger partial charge in [-0.05, 0) is 55.0 Å². The van der Waals surface area contributed by atoms with Crippen LogP contribution in [0.4, 0.5) is 0 Å². The first-order valence-corrected chi connectivity index (χ1v) is 9.93. The number of methoxy groups -OCH3 is 2. The van der Waals surface area contributed by atoms with Crippen molar-refractivity contribution in [2.45, 2.75) is 13.5 Å². The third-order valence-corrected chi connectivity index (χ3v) is 4.56. The van der Waals surface area contributed by atoms with Crippen molar-refractivity contribution in [1.82, 2.24) is 20.5 Å². The zero-order chi connectivity index (χ0) is 22.2. The van der Waals surface area contributed by atoms with Crippen LogP contribution in [-0.4, -0.2) is 41.9 Å². The fourth-order valence-corrected chi connectivity index (χ4v) is 3.04. The number of nitrogens with one attached hydrogen (secondary N) is 2. The number of H-pyrrole nitrogens is 1. The largest absolute Gasteiger partial charge is 0.497 e. The van der Waals surface area contributed by atoms with Crippen molar-refractivity contribution in [3.8, 4) is 28.6 Å². The number of nitrogens with zero attached hydrogens (tertiary/aromatic N) is 2. The number of aromatic amines is 1. The highest BCUT2D eigenvalue weighted by atomic mass is 35.5. The molecule has 0 radical (unpaired) electrons. The predicted octanol–water partition coefficient (Wildman–Crippen LogP) is 3.87. The number of carbonyl (C=O) groups is 1. The lowest BCUT2D eigenvalue weighted by Crippen LogP contribution is -2.20. The Morgan fingerprint density at radius 2 is 1.97 bits per heavy atom. The molecule has 0 spiro atoms. The second-order valence-corrected chi connectivity index (χ2v) is 6.76. The summed E-state index contributed by atoms with van der Waals surface area (Å²) < 4.78 is 15.9. The van der Waals surface area contributed by atoms with Gasteiger partial charge in [0.05, 0.1) is 32.4 Å². The van der Waals surface area contributed by atoms with E-state index < -0.39 is 0 Å². The lowest BCUT2D eigenvalue weighted by molar-refractivity contribution is -0.116. The topological polar surface area (TPSA) is 98.4 Å². The van der Waals surface area contributed by atoms with Gasteiger partial charge < -0.3 is 19.5 Å². The first-order valence-electron chi connectivity index (χ1n) is 9.56. The normalized spacial score (nSPS) is 10.8. The van der Waals surface area contributed by atoms with Crippen molar-refractivity contribution in [3.63, 3.8) is 0 Å². The van der Waals surface area contributed by atoms with E-state index in [4.69, 9.17) is 25.8 Å². The van der Waals surface area contributed by atoms with Crippen molar-refractivity contribution in [2.75, 3.05) is 20.8 Å². The summed E-state index contributed by atoms with van der Waals surface area (Å²) in [7, 11) is 3.14. The van der Waals surface area contributed by atoms with Crippen LogP contribution in [0, 0.1) is 0 Å². The van der Waals surface area contributed by atoms with Crippen molar-refractivity contribution in [1.29, 1.82) is 0 Å². The monoisotopic (exact) mass is 442 g/mol. The molecule has 162 valence electrons. The second-order valence-electron chi connectivity index (χ2n) is 6.35. The van der Waals surface area contributed by atoms with Crippen LogP contribution in [-0.2, 0) is 11.3 Å². The van der Waals surface area contributed by atoms with E-state index in [1.165, 1.54) is 13.2 Å². The summed E-state index contributed by atoms with van der Waals surface area (Å²) in [5.41, 5.74) is 1.55. The average Bonchev–Trinajstić information content (AvgIpc) is 3.27. The lowest BCUT2D eigenvalue weighted by Gasteiger charge is -2.11. The molecule has 2 aromatic carbocycles. The van der Waals surface area contributed by atoms with E-state index in [-0.39, 0.29) is 12.5 Å². The molecule has 0 aliphatic heterocycles. The molecule has 0 fully saturated rings. The summed E-state index contributed by atoms with van der Waals surface area (Å²) in [4.78, 5) is 16.6. The minimum Gasteiger partial charge on any atom is -0.497 e. The van der Waals surface area contributed by atoms with Crippen LogP contribution in [0.25, 0.3) is 17.5 Å². The van der Waals surface area contributed by atoms with E-state index in [9.17, 15) is 4.79 Å². The summed E-state index contributed by atoms with van der Waals surface area (Å²) in [6.45, 7) is 2.54. The van der Waals surface area contributed by atoms with Crippen LogP contribution in [0.2, 0.25) is 5.02 Å². The Labute approximate surface area is 185 Å². The standard InChI is InChI=1S/C22H23ClN4O4/c1-4-31-21-17(23)11-14(12-18(21)30-3)5-10-20(28)24-13-19-25-22(27-26-19)15-6-8-16(29-2)9-7-15/h5-12H,4,13H2,1-3H3,(H,24,28)(H,25,26,27)/b10-5+. The number of ether oxygens (including phenoxy) is 3. The summed E-state index contributed by atoms with van der Waals surface area (Å²) in [5, 5.41) is 10.2. The molecule has 0 saturated heterocycles. The smallest absolute Gasteiger partial charge is 0.244 e. The Bertz CT molecular complexity index is 1060. The highest BCUT2D eigenvalue weighted by Gasteiger charge is 2.11. The maximum absolute atomic E-state index is 12.2. The van der Waals surface area contributed by atoms with Gasteiger partial charge in [0.1, 0.15) is 11.6 Å². The van der Waals surface area contributed by atoms with Crippen molar-refractivity contribution >= 4 is 23.6 Å². The van der Waals surface area contributed by atoms with Gasteiger partial charge in [0.15, 0.2) is 17.3 Å². The Morgan fingerprint density at radius 1 is 1.19 bits per heavy atom. The molecule has 0 aliphatic carbocycles. The summed E-state index contributed by atoms with van der Waals surface area (Å²) >= 11 is 6.25. The second kappa shape index (κ2) is 10.5. The van der Waals surface area contributed by atoms with Crippen molar-refractivity contribution < 1.29 is 19.0 Å². The number of hydrogen-bond acceptors (Lipinski definition) is 6.